The number of carbonyl (C=O) groups is 3. The Bertz CT molecular complexity index is 1130. The summed E-state index contributed by atoms with van der Waals surface area (Å²) < 4.78 is 2.03. The average molecular weight is 484 g/mol. The van der Waals surface area contributed by atoms with Crippen molar-refractivity contribution in [3.63, 3.8) is 0 Å². The first-order chi connectivity index (χ1) is 16.5. The standard InChI is InChI=1S/C23H29N7O3S/c31-18-7-14(10-24-18)27-23-29-26-11-30(23)15-5-6-17-16(8-15)19(21(33)25-9-12-1-2-12)22(34-17)28-20(32)13-3-4-13/h11-15H,1-10H2,(H,24,31)(H,25,33)(H,27,29)(H,28,32)/t14?,15-/m0/s1. The molecule has 0 aromatic carbocycles. The molecule has 3 fully saturated rings. The van der Waals surface area contributed by atoms with Crippen LogP contribution in [0.2, 0.25) is 0 Å². The van der Waals surface area contributed by atoms with E-state index in [1.165, 1.54) is 17.7 Å². The first kappa shape index (κ1) is 21.6. The van der Waals surface area contributed by atoms with Gasteiger partial charge in [0.1, 0.15) is 11.3 Å². The van der Waals surface area contributed by atoms with Crippen molar-refractivity contribution in [2.75, 3.05) is 23.7 Å². The molecule has 0 radical (unpaired) electrons. The van der Waals surface area contributed by atoms with E-state index >= 15 is 0 Å². The number of hydrogen-bond acceptors (Lipinski definition) is 7. The van der Waals surface area contributed by atoms with Gasteiger partial charge in [-0.3, -0.25) is 19.0 Å². The van der Waals surface area contributed by atoms with Crippen molar-refractivity contribution < 1.29 is 14.4 Å². The number of fused-ring (bicyclic) bond motifs is 1. The lowest BCUT2D eigenvalue weighted by atomic mass is 9.91. The van der Waals surface area contributed by atoms with E-state index in [0.717, 1.165) is 31.2 Å². The maximum Gasteiger partial charge on any atom is 0.254 e. The molecule has 11 heteroatoms. The first-order valence-corrected chi connectivity index (χ1v) is 13.0. The van der Waals surface area contributed by atoms with Crippen molar-refractivity contribution in [1.29, 1.82) is 0 Å². The summed E-state index contributed by atoms with van der Waals surface area (Å²) in [6.45, 7) is 1.26. The van der Waals surface area contributed by atoms with Crippen molar-refractivity contribution >= 4 is 40.0 Å². The number of nitrogens with one attached hydrogen (secondary N) is 4. The van der Waals surface area contributed by atoms with Crippen molar-refractivity contribution in [3.8, 4) is 0 Å². The molecule has 2 aromatic rings. The number of carbonyl (C=O) groups excluding carboxylic acids is 3. The Morgan fingerprint density at radius 2 is 2.03 bits per heavy atom. The van der Waals surface area contributed by atoms with Gasteiger partial charge < -0.3 is 21.3 Å². The maximum absolute atomic E-state index is 13.3. The second-order valence-corrected chi connectivity index (χ2v) is 11.0. The molecule has 180 valence electrons. The molecule has 10 nitrogen and oxygen atoms in total. The fourth-order valence-electron chi connectivity index (χ4n) is 4.84. The zero-order valence-corrected chi connectivity index (χ0v) is 19.7. The summed E-state index contributed by atoms with van der Waals surface area (Å²) in [7, 11) is 0. The number of aromatic nitrogens is 3. The zero-order chi connectivity index (χ0) is 23.2. The van der Waals surface area contributed by atoms with Gasteiger partial charge in [0.05, 0.1) is 11.6 Å². The largest absolute Gasteiger partial charge is 0.354 e. The molecule has 1 unspecified atom stereocenters. The van der Waals surface area contributed by atoms with Gasteiger partial charge in [-0.25, -0.2) is 0 Å². The summed E-state index contributed by atoms with van der Waals surface area (Å²) in [4.78, 5) is 38.6. The van der Waals surface area contributed by atoms with E-state index in [0.29, 0.717) is 48.4 Å². The van der Waals surface area contributed by atoms with Crippen LogP contribution in [0.4, 0.5) is 10.9 Å². The normalized spacial score (nSPS) is 23.8. The van der Waals surface area contributed by atoms with Gasteiger partial charge in [0.2, 0.25) is 17.8 Å². The van der Waals surface area contributed by atoms with E-state index in [9.17, 15) is 14.4 Å². The highest BCUT2D eigenvalue weighted by atomic mass is 32.1. The topological polar surface area (TPSA) is 130 Å². The molecule has 2 saturated carbocycles. The molecule has 0 bridgehead atoms. The first-order valence-electron chi connectivity index (χ1n) is 12.2. The lowest BCUT2D eigenvalue weighted by molar-refractivity contribution is -0.119. The highest BCUT2D eigenvalue weighted by molar-refractivity contribution is 7.17. The Hall–Kier alpha value is -2.95. The molecule has 3 heterocycles. The fourth-order valence-corrected chi connectivity index (χ4v) is 6.09. The Morgan fingerprint density at radius 3 is 2.76 bits per heavy atom. The van der Waals surface area contributed by atoms with Crippen molar-refractivity contribution in [1.82, 2.24) is 25.4 Å². The summed E-state index contributed by atoms with van der Waals surface area (Å²) in [5.74, 6) is 1.28. The van der Waals surface area contributed by atoms with Crippen LogP contribution in [0.3, 0.4) is 0 Å². The lowest BCUT2D eigenvalue weighted by Gasteiger charge is -2.26. The molecular formula is C23H29N7O3S. The van der Waals surface area contributed by atoms with Crippen molar-refractivity contribution in [3.05, 3.63) is 22.3 Å². The second kappa shape index (κ2) is 8.68. The number of anilines is 2. The molecule has 3 amide bonds. The van der Waals surface area contributed by atoms with E-state index in [1.54, 1.807) is 17.7 Å². The molecule has 0 spiro atoms. The number of thiophene rings is 1. The van der Waals surface area contributed by atoms with Gasteiger partial charge in [0.25, 0.3) is 5.91 Å². The Morgan fingerprint density at radius 1 is 1.18 bits per heavy atom. The van der Waals surface area contributed by atoms with Crippen LogP contribution in [0, 0.1) is 11.8 Å². The summed E-state index contributed by atoms with van der Waals surface area (Å²) in [5.41, 5.74) is 1.66. The molecular weight excluding hydrogens is 454 g/mol. The third kappa shape index (κ3) is 4.40. The van der Waals surface area contributed by atoms with Crippen molar-refractivity contribution in [2.24, 2.45) is 11.8 Å². The minimum absolute atomic E-state index is 0.0104. The molecule has 4 aliphatic rings. The van der Waals surface area contributed by atoms with Gasteiger partial charge in [-0.05, 0) is 56.4 Å². The minimum atomic E-state index is -0.0891. The summed E-state index contributed by atoms with van der Waals surface area (Å²) in [5, 5.41) is 21.4. The van der Waals surface area contributed by atoms with E-state index in [1.807, 2.05) is 4.57 Å². The smallest absolute Gasteiger partial charge is 0.254 e. The van der Waals surface area contributed by atoms with Crippen LogP contribution in [-0.4, -0.2) is 51.6 Å². The summed E-state index contributed by atoms with van der Waals surface area (Å²) in [6, 6.07) is 0.0791. The highest BCUT2D eigenvalue weighted by Crippen LogP contribution is 2.42. The zero-order valence-electron chi connectivity index (χ0n) is 18.9. The number of rotatable bonds is 8. The summed E-state index contributed by atoms with van der Waals surface area (Å²) in [6.07, 6.45) is 8.71. The molecule has 6 rings (SSSR count). The number of amides is 3. The quantitative estimate of drug-likeness (QED) is 0.453. The van der Waals surface area contributed by atoms with Crippen LogP contribution in [0.25, 0.3) is 0 Å². The van der Waals surface area contributed by atoms with Crippen LogP contribution >= 0.6 is 11.3 Å². The second-order valence-electron chi connectivity index (χ2n) is 9.93. The molecule has 34 heavy (non-hydrogen) atoms. The van der Waals surface area contributed by atoms with E-state index in [2.05, 4.69) is 31.5 Å². The molecule has 2 atom stereocenters. The minimum Gasteiger partial charge on any atom is -0.354 e. The lowest BCUT2D eigenvalue weighted by Crippen LogP contribution is -2.29. The van der Waals surface area contributed by atoms with Gasteiger partial charge >= 0.3 is 0 Å². The van der Waals surface area contributed by atoms with Gasteiger partial charge in [-0.1, -0.05) is 0 Å². The van der Waals surface area contributed by atoms with Crippen LogP contribution in [0.15, 0.2) is 6.33 Å². The predicted octanol–water partition coefficient (Wildman–Crippen LogP) is 1.86. The molecule has 1 saturated heterocycles. The third-order valence-corrected chi connectivity index (χ3v) is 8.38. The Labute approximate surface area is 201 Å². The van der Waals surface area contributed by atoms with Crippen LogP contribution in [-0.2, 0) is 22.4 Å². The highest BCUT2D eigenvalue weighted by Gasteiger charge is 2.35. The van der Waals surface area contributed by atoms with Gasteiger partial charge in [-0.15, -0.1) is 21.5 Å². The number of nitrogens with zero attached hydrogens (tertiary/aromatic N) is 3. The number of hydrogen-bond donors (Lipinski definition) is 4. The Kier molecular flexibility index (Phi) is 5.51. The van der Waals surface area contributed by atoms with E-state index in [4.69, 9.17) is 0 Å². The summed E-state index contributed by atoms with van der Waals surface area (Å²) >= 11 is 1.55. The van der Waals surface area contributed by atoms with E-state index < -0.39 is 0 Å². The average Bonchev–Trinajstić information content (AvgIpc) is 3.73. The van der Waals surface area contributed by atoms with E-state index in [-0.39, 0.29) is 35.7 Å². The van der Waals surface area contributed by atoms with Crippen LogP contribution < -0.4 is 21.3 Å². The molecule has 2 aromatic heterocycles. The van der Waals surface area contributed by atoms with Crippen LogP contribution in [0.5, 0.6) is 0 Å². The monoisotopic (exact) mass is 483 g/mol. The Balaban J connectivity index is 1.25. The third-order valence-electron chi connectivity index (χ3n) is 7.17. The number of aryl methyl sites for hydroxylation is 1. The van der Waals surface area contributed by atoms with Gasteiger partial charge in [0, 0.05) is 36.3 Å². The van der Waals surface area contributed by atoms with Gasteiger partial charge in [-0.2, -0.15) is 0 Å². The predicted molar refractivity (Wildman–Crippen MR) is 127 cm³/mol. The van der Waals surface area contributed by atoms with Crippen molar-refractivity contribution in [2.45, 2.75) is 63.5 Å². The molecule has 4 N–H and O–H groups in total. The van der Waals surface area contributed by atoms with Crippen LogP contribution in [0.1, 0.15) is 65.4 Å². The van der Waals surface area contributed by atoms with Gasteiger partial charge in [0.15, 0.2) is 0 Å². The fraction of sp³-hybridized carbons (Fsp3) is 0.609. The maximum atomic E-state index is 13.3. The molecule has 3 aliphatic carbocycles. The molecule has 1 aliphatic heterocycles. The SMILES string of the molecule is O=C1CC(Nc2nncn2[C@H]2CCc3sc(NC(=O)C4CC4)c(C(=O)NCC4CC4)c3C2)CN1.